The molecule has 19 heavy (non-hydrogen) atoms. The van der Waals surface area contributed by atoms with Crippen molar-refractivity contribution < 1.29 is 13.6 Å². The number of benzene rings is 1. The van der Waals surface area contributed by atoms with Crippen LogP contribution in [0.3, 0.4) is 0 Å². The Morgan fingerprint density at radius 1 is 1.32 bits per heavy atom. The highest BCUT2D eigenvalue weighted by Gasteiger charge is 2.18. The van der Waals surface area contributed by atoms with Gasteiger partial charge in [-0.1, -0.05) is 6.07 Å². The van der Waals surface area contributed by atoms with Gasteiger partial charge in [-0.05, 0) is 56.5 Å². The van der Waals surface area contributed by atoms with Crippen LogP contribution in [0, 0.1) is 18.6 Å². The molecule has 0 saturated heterocycles. The van der Waals surface area contributed by atoms with Gasteiger partial charge in [0, 0.05) is 0 Å². The van der Waals surface area contributed by atoms with Gasteiger partial charge in [0.15, 0.2) is 5.82 Å². The van der Waals surface area contributed by atoms with E-state index in [9.17, 15) is 13.6 Å². The Morgan fingerprint density at radius 2 is 2.00 bits per heavy atom. The summed E-state index contributed by atoms with van der Waals surface area (Å²) in [6.07, 6.45) is 0. The van der Waals surface area contributed by atoms with E-state index in [4.69, 9.17) is 0 Å². The topological polar surface area (TPSA) is 29.1 Å². The number of halogens is 4. The molecule has 2 aromatic rings. The molecule has 2 rings (SSSR count). The van der Waals surface area contributed by atoms with Crippen molar-refractivity contribution in [3.63, 3.8) is 0 Å². The van der Waals surface area contributed by atoms with Gasteiger partial charge in [-0.2, -0.15) is 0 Å². The van der Waals surface area contributed by atoms with E-state index in [1.165, 1.54) is 24.3 Å². The summed E-state index contributed by atoms with van der Waals surface area (Å²) in [5, 5.41) is 2.26. The van der Waals surface area contributed by atoms with Crippen LogP contribution in [0.4, 0.5) is 14.5 Å². The molecule has 1 aromatic heterocycles. The quantitative estimate of drug-likeness (QED) is 0.732. The molecule has 1 N–H and O–H groups in total. The maximum atomic E-state index is 13.8. The number of thiophene rings is 1. The zero-order valence-corrected chi connectivity index (χ0v) is 13.5. The van der Waals surface area contributed by atoms with Crippen LogP contribution in [-0.2, 0) is 0 Å². The summed E-state index contributed by atoms with van der Waals surface area (Å²) >= 11 is 7.77. The number of carbonyl (C=O) groups excluding carboxylic acids is 1. The molecule has 0 bridgehead atoms. The first-order valence-corrected chi connectivity index (χ1v) is 7.51. The number of carbonyl (C=O) groups is 1. The summed E-state index contributed by atoms with van der Waals surface area (Å²) in [6.45, 7) is 1.50. The van der Waals surface area contributed by atoms with Gasteiger partial charge >= 0.3 is 0 Å². The van der Waals surface area contributed by atoms with E-state index in [1.807, 2.05) is 0 Å². The Morgan fingerprint density at radius 3 is 2.58 bits per heavy atom. The van der Waals surface area contributed by atoms with Crippen molar-refractivity contribution in [2.24, 2.45) is 0 Å². The highest BCUT2D eigenvalue weighted by Crippen LogP contribution is 2.32. The highest BCUT2D eigenvalue weighted by atomic mass is 79.9. The molecular weight excluding hydrogens is 404 g/mol. The van der Waals surface area contributed by atoms with Crippen LogP contribution in [0.25, 0.3) is 0 Å². The Labute approximate surface area is 129 Å². The average molecular weight is 411 g/mol. The number of anilines is 1. The Hall–Kier alpha value is -0.790. The second kappa shape index (κ2) is 5.68. The van der Waals surface area contributed by atoms with Crippen molar-refractivity contribution in [3.05, 3.63) is 48.5 Å². The van der Waals surface area contributed by atoms with Crippen molar-refractivity contribution in [2.75, 3.05) is 5.32 Å². The summed E-state index contributed by atoms with van der Waals surface area (Å²) < 4.78 is 28.6. The third-order valence-corrected chi connectivity index (χ3v) is 4.76. The van der Waals surface area contributed by atoms with E-state index in [1.54, 1.807) is 6.07 Å². The molecule has 0 fully saturated rings. The fourth-order valence-electron chi connectivity index (χ4n) is 1.45. The maximum Gasteiger partial charge on any atom is 0.257 e. The summed E-state index contributed by atoms with van der Waals surface area (Å²) in [7, 11) is 0. The lowest BCUT2D eigenvalue weighted by Gasteiger charge is -2.08. The Bertz CT molecular complexity index is 657. The van der Waals surface area contributed by atoms with Crippen molar-refractivity contribution in [3.8, 4) is 0 Å². The van der Waals surface area contributed by atoms with Gasteiger partial charge in [-0.25, -0.2) is 8.78 Å². The zero-order valence-electron chi connectivity index (χ0n) is 9.56. The van der Waals surface area contributed by atoms with E-state index in [0.717, 1.165) is 9.85 Å². The van der Waals surface area contributed by atoms with E-state index in [0.29, 0.717) is 9.35 Å². The minimum atomic E-state index is -0.804. The minimum Gasteiger partial charge on any atom is -0.317 e. The lowest BCUT2D eigenvalue weighted by Crippen LogP contribution is -2.14. The Kier molecular flexibility index (Phi) is 4.37. The van der Waals surface area contributed by atoms with Gasteiger partial charge in [0.1, 0.15) is 11.5 Å². The Balaban J connectivity index is 2.34. The monoisotopic (exact) mass is 409 g/mol. The molecule has 1 amide bonds. The number of hydrogen-bond acceptors (Lipinski definition) is 2. The molecule has 0 aliphatic rings. The molecular formula is C12H7Br2F2NOS. The molecule has 0 aliphatic carbocycles. The van der Waals surface area contributed by atoms with Crippen LogP contribution in [0.1, 0.15) is 15.9 Å². The molecule has 7 heteroatoms. The van der Waals surface area contributed by atoms with Gasteiger partial charge in [-0.3, -0.25) is 4.79 Å². The molecule has 2 nitrogen and oxygen atoms in total. The number of nitrogens with one attached hydrogen (secondary N) is 1. The lowest BCUT2D eigenvalue weighted by atomic mass is 10.2. The van der Waals surface area contributed by atoms with Crippen molar-refractivity contribution in [2.45, 2.75) is 6.92 Å². The largest absolute Gasteiger partial charge is 0.317 e. The second-order valence-electron chi connectivity index (χ2n) is 3.75. The fourth-order valence-corrected chi connectivity index (χ4v) is 4.24. The molecule has 0 radical (unpaired) electrons. The van der Waals surface area contributed by atoms with Gasteiger partial charge in [0.05, 0.1) is 13.1 Å². The smallest absolute Gasteiger partial charge is 0.257 e. The lowest BCUT2D eigenvalue weighted by molar-refractivity contribution is 0.102. The minimum absolute atomic E-state index is 0.266. The van der Waals surface area contributed by atoms with Gasteiger partial charge in [-0.15, -0.1) is 11.3 Å². The standard InChI is InChI=1S/C12H7Br2F2NOS/c1-5-2-3-7(15)10(9(5)16)17-12(18)6-4-8(13)19-11(6)14/h2-4H,1H3,(H,17,18). The number of rotatable bonds is 2. The fraction of sp³-hybridized carbons (Fsp3) is 0.0833. The number of amides is 1. The molecule has 0 spiro atoms. The van der Waals surface area contributed by atoms with E-state index < -0.39 is 23.2 Å². The van der Waals surface area contributed by atoms with E-state index >= 15 is 0 Å². The highest BCUT2D eigenvalue weighted by molar-refractivity contribution is 9.12. The predicted octanol–water partition coefficient (Wildman–Crippen LogP) is 5.11. The van der Waals surface area contributed by atoms with Crippen LogP contribution in [0.2, 0.25) is 0 Å². The summed E-state index contributed by atoms with van der Waals surface area (Å²) in [5.41, 5.74) is 0.152. The van der Waals surface area contributed by atoms with Crippen LogP contribution in [0.5, 0.6) is 0 Å². The summed E-state index contributed by atoms with van der Waals surface area (Å²) in [6, 6.07) is 4.01. The first kappa shape index (κ1) is 14.6. The third-order valence-electron chi connectivity index (χ3n) is 2.42. The van der Waals surface area contributed by atoms with Crippen molar-refractivity contribution in [1.82, 2.24) is 0 Å². The average Bonchev–Trinajstić information content (AvgIpc) is 2.69. The summed E-state index contributed by atoms with van der Waals surface area (Å²) in [5.74, 6) is -2.14. The molecule has 0 unspecified atom stereocenters. The van der Waals surface area contributed by atoms with Gasteiger partial charge < -0.3 is 5.32 Å². The third kappa shape index (κ3) is 3.04. The van der Waals surface area contributed by atoms with Crippen LogP contribution < -0.4 is 5.32 Å². The molecule has 100 valence electrons. The van der Waals surface area contributed by atoms with E-state index in [-0.39, 0.29) is 5.56 Å². The maximum absolute atomic E-state index is 13.8. The van der Waals surface area contributed by atoms with Crippen LogP contribution in [0.15, 0.2) is 25.8 Å². The van der Waals surface area contributed by atoms with Crippen molar-refractivity contribution >= 4 is 54.8 Å². The molecule has 0 atom stereocenters. The zero-order chi connectivity index (χ0) is 14.2. The first-order chi connectivity index (χ1) is 8.90. The molecule has 0 aliphatic heterocycles. The van der Waals surface area contributed by atoms with Crippen LogP contribution in [-0.4, -0.2) is 5.91 Å². The molecule has 1 heterocycles. The predicted molar refractivity (Wildman–Crippen MR) is 78.8 cm³/mol. The summed E-state index contributed by atoms with van der Waals surface area (Å²) in [4.78, 5) is 12.0. The van der Waals surface area contributed by atoms with Gasteiger partial charge in [0.2, 0.25) is 0 Å². The number of hydrogen-bond donors (Lipinski definition) is 1. The van der Waals surface area contributed by atoms with Gasteiger partial charge in [0.25, 0.3) is 5.91 Å². The van der Waals surface area contributed by atoms with E-state index in [2.05, 4.69) is 37.2 Å². The molecule has 0 saturated carbocycles. The second-order valence-corrected chi connectivity index (χ2v) is 7.49. The number of aryl methyl sites for hydroxylation is 1. The molecule has 1 aromatic carbocycles. The van der Waals surface area contributed by atoms with Crippen molar-refractivity contribution in [1.29, 1.82) is 0 Å². The first-order valence-electron chi connectivity index (χ1n) is 5.11. The normalized spacial score (nSPS) is 10.6. The van der Waals surface area contributed by atoms with Crippen LogP contribution >= 0.6 is 43.2 Å². The SMILES string of the molecule is Cc1ccc(F)c(NC(=O)c2cc(Br)sc2Br)c1F.